The minimum absolute atomic E-state index is 0.00449. The highest BCUT2D eigenvalue weighted by atomic mass is 32.1. The van der Waals surface area contributed by atoms with Gasteiger partial charge < -0.3 is 15.7 Å². The molecule has 0 aromatic carbocycles. The first-order valence-electron chi connectivity index (χ1n) is 8.01. The summed E-state index contributed by atoms with van der Waals surface area (Å²) in [6.45, 7) is 0.325. The lowest BCUT2D eigenvalue weighted by Gasteiger charge is -2.09. The molecule has 0 aliphatic heterocycles. The Balaban J connectivity index is 1.69. The molecular weight excluding hydrogens is 316 g/mol. The van der Waals surface area contributed by atoms with Crippen LogP contribution in [0.5, 0.6) is 0 Å². The Morgan fingerprint density at radius 1 is 1.22 bits per heavy atom. The number of anilines is 1. The quantitative estimate of drug-likeness (QED) is 0.665. The third-order valence-electron chi connectivity index (χ3n) is 4.19. The maximum atomic E-state index is 12.5. The molecule has 0 unspecified atom stereocenters. The summed E-state index contributed by atoms with van der Waals surface area (Å²) >= 11 is 1.51. The smallest absolute Gasteiger partial charge is 0.303 e. The van der Waals surface area contributed by atoms with Gasteiger partial charge in [-0.2, -0.15) is 0 Å². The molecule has 0 atom stereocenters. The molecule has 0 spiro atoms. The van der Waals surface area contributed by atoms with Crippen molar-refractivity contribution in [1.29, 1.82) is 0 Å². The number of hydrogen-bond acceptors (Lipinski definition) is 4. The Hall–Kier alpha value is -1.89. The number of fused-ring (bicyclic) bond motifs is 1. The number of carbonyl (C=O) groups is 3. The van der Waals surface area contributed by atoms with Gasteiger partial charge in [-0.25, -0.2) is 0 Å². The van der Waals surface area contributed by atoms with Crippen molar-refractivity contribution in [2.24, 2.45) is 5.92 Å². The van der Waals surface area contributed by atoms with Crippen molar-refractivity contribution >= 4 is 34.1 Å². The average molecular weight is 336 g/mol. The Morgan fingerprint density at radius 3 is 2.70 bits per heavy atom. The molecule has 3 rings (SSSR count). The highest BCUT2D eigenvalue weighted by molar-refractivity contribution is 7.17. The molecule has 1 aromatic rings. The predicted molar refractivity (Wildman–Crippen MR) is 86.9 cm³/mol. The molecule has 1 heterocycles. The van der Waals surface area contributed by atoms with Crippen LogP contribution in [0.2, 0.25) is 0 Å². The molecule has 6 nitrogen and oxygen atoms in total. The van der Waals surface area contributed by atoms with Crippen LogP contribution in [0, 0.1) is 5.92 Å². The zero-order valence-electron chi connectivity index (χ0n) is 12.8. The second-order valence-electron chi connectivity index (χ2n) is 6.08. The summed E-state index contributed by atoms with van der Waals surface area (Å²) in [5.41, 5.74) is 1.64. The zero-order chi connectivity index (χ0) is 16.4. The first-order chi connectivity index (χ1) is 11.1. The van der Waals surface area contributed by atoms with Gasteiger partial charge in [-0.3, -0.25) is 14.4 Å². The van der Waals surface area contributed by atoms with E-state index < -0.39 is 5.97 Å². The van der Waals surface area contributed by atoms with E-state index in [9.17, 15) is 14.4 Å². The van der Waals surface area contributed by atoms with Crippen LogP contribution in [-0.4, -0.2) is 29.4 Å². The van der Waals surface area contributed by atoms with Crippen LogP contribution in [-0.2, 0) is 22.4 Å². The van der Waals surface area contributed by atoms with E-state index in [0.717, 1.165) is 37.7 Å². The number of carboxylic acid groups (broad SMARTS) is 1. The van der Waals surface area contributed by atoms with Crippen LogP contribution in [0.25, 0.3) is 0 Å². The summed E-state index contributed by atoms with van der Waals surface area (Å²) < 4.78 is 0. The number of carbonyl (C=O) groups excluding carboxylic acids is 2. The standard InChI is InChI=1S/C16H20N2O4S/c19-12(20)5-2-8-17-15(22)13-10-3-1-4-11(10)23-16(13)18-14(21)9-6-7-9/h9H,1-8H2,(H,17,22)(H,18,21)(H,19,20). The minimum Gasteiger partial charge on any atom is -0.481 e. The second-order valence-corrected chi connectivity index (χ2v) is 7.18. The van der Waals surface area contributed by atoms with Crippen LogP contribution in [0.1, 0.15) is 52.9 Å². The summed E-state index contributed by atoms with van der Waals surface area (Å²) in [6.07, 6.45) is 5.14. The maximum Gasteiger partial charge on any atom is 0.303 e. The number of rotatable bonds is 7. The number of amides is 2. The highest BCUT2D eigenvalue weighted by Gasteiger charge is 2.32. The van der Waals surface area contributed by atoms with Gasteiger partial charge in [0.25, 0.3) is 5.91 Å². The number of thiophene rings is 1. The molecule has 0 bridgehead atoms. The Morgan fingerprint density at radius 2 is 2.00 bits per heavy atom. The van der Waals surface area contributed by atoms with E-state index in [0.29, 0.717) is 23.5 Å². The third kappa shape index (κ3) is 3.72. The van der Waals surface area contributed by atoms with Gasteiger partial charge in [-0.15, -0.1) is 11.3 Å². The lowest BCUT2D eigenvalue weighted by molar-refractivity contribution is -0.137. The molecule has 0 radical (unpaired) electrons. The summed E-state index contributed by atoms with van der Waals surface area (Å²) in [5, 5.41) is 15.0. The van der Waals surface area contributed by atoms with Crippen LogP contribution < -0.4 is 10.6 Å². The molecule has 1 aromatic heterocycles. The molecule has 124 valence electrons. The van der Waals surface area contributed by atoms with Gasteiger partial charge in [0, 0.05) is 23.8 Å². The van der Waals surface area contributed by atoms with E-state index in [2.05, 4.69) is 10.6 Å². The monoisotopic (exact) mass is 336 g/mol. The molecule has 2 aliphatic carbocycles. The molecule has 1 saturated carbocycles. The van der Waals surface area contributed by atoms with Crippen LogP contribution >= 0.6 is 11.3 Å². The molecule has 23 heavy (non-hydrogen) atoms. The zero-order valence-corrected chi connectivity index (χ0v) is 13.6. The summed E-state index contributed by atoms with van der Waals surface area (Å²) in [5.74, 6) is -0.975. The Bertz CT molecular complexity index is 649. The van der Waals surface area contributed by atoms with Crippen LogP contribution in [0.3, 0.4) is 0 Å². The van der Waals surface area contributed by atoms with Gasteiger partial charge in [0.2, 0.25) is 5.91 Å². The van der Waals surface area contributed by atoms with Crippen LogP contribution in [0.4, 0.5) is 5.00 Å². The fourth-order valence-electron chi connectivity index (χ4n) is 2.82. The topological polar surface area (TPSA) is 95.5 Å². The van der Waals surface area contributed by atoms with Gasteiger partial charge in [0.1, 0.15) is 5.00 Å². The lowest BCUT2D eigenvalue weighted by atomic mass is 10.1. The fourth-order valence-corrected chi connectivity index (χ4v) is 4.11. The Kier molecular flexibility index (Phi) is 4.66. The first-order valence-corrected chi connectivity index (χ1v) is 8.83. The molecular formula is C16H20N2O4S. The molecule has 1 fully saturated rings. The molecule has 2 aliphatic rings. The van der Waals surface area contributed by atoms with Crippen molar-refractivity contribution in [2.45, 2.75) is 44.9 Å². The molecule has 7 heteroatoms. The van der Waals surface area contributed by atoms with E-state index >= 15 is 0 Å². The van der Waals surface area contributed by atoms with Gasteiger partial charge in [-0.05, 0) is 44.1 Å². The van der Waals surface area contributed by atoms with Gasteiger partial charge in [0.15, 0.2) is 0 Å². The molecule has 3 N–H and O–H groups in total. The second kappa shape index (κ2) is 6.70. The first kappa shape index (κ1) is 16.0. The summed E-state index contributed by atoms with van der Waals surface area (Å²) in [6, 6.07) is 0. The van der Waals surface area contributed by atoms with E-state index in [-0.39, 0.29) is 24.2 Å². The Labute approximate surface area is 138 Å². The predicted octanol–water partition coefficient (Wildman–Crippen LogP) is 2.18. The van der Waals surface area contributed by atoms with Crippen molar-refractivity contribution in [1.82, 2.24) is 5.32 Å². The largest absolute Gasteiger partial charge is 0.481 e. The van der Waals surface area contributed by atoms with Crippen molar-refractivity contribution in [3.63, 3.8) is 0 Å². The van der Waals surface area contributed by atoms with Crippen molar-refractivity contribution in [3.05, 3.63) is 16.0 Å². The van der Waals surface area contributed by atoms with Crippen molar-refractivity contribution in [3.8, 4) is 0 Å². The van der Waals surface area contributed by atoms with E-state index in [1.54, 1.807) is 0 Å². The number of aliphatic carboxylic acids is 1. The average Bonchev–Trinajstić information content (AvgIpc) is 3.16. The van der Waals surface area contributed by atoms with Gasteiger partial charge in [-0.1, -0.05) is 0 Å². The number of nitrogens with one attached hydrogen (secondary N) is 2. The van der Waals surface area contributed by atoms with E-state index in [1.807, 2.05) is 0 Å². The fraction of sp³-hybridized carbons (Fsp3) is 0.562. The lowest BCUT2D eigenvalue weighted by Crippen LogP contribution is -2.27. The summed E-state index contributed by atoms with van der Waals surface area (Å²) in [7, 11) is 0. The van der Waals surface area contributed by atoms with E-state index in [4.69, 9.17) is 5.11 Å². The van der Waals surface area contributed by atoms with Gasteiger partial charge in [0.05, 0.1) is 5.56 Å². The third-order valence-corrected chi connectivity index (χ3v) is 5.39. The van der Waals surface area contributed by atoms with Gasteiger partial charge >= 0.3 is 5.97 Å². The molecule has 0 saturated heterocycles. The minimum atomic E-state index is -0.868. The number of aryl methyl sites for hydroxylation is 1. The number of hydrogen-bond donors (Lipinski definition) is 3. The van der Waals surface area contributed by atoms with Crippen LogP contribution in [0.15, 0.2) is 0 Å². The maximum absolute atomic E-state index is 12.5. The van der Waals surface area contributed by atoms with Crippen molar-refractivity contribution in [2.75, 3.05) is 11.9 Å². The highest BCUT2D eigenvalue weighted by Crippen LogP contribution is 2.40. The van der Waals surface area contributed by atoms with E-state index in [1.165, 1.54) is 16.2 Å². The summed E-state index contributed by atoms with van der Waals surface area (Å²) in [4.78, 5) is 36.2. The van der Waals surface area contributed by atoms with Crippen molar-refractivity contribution < 1.29 is 19.5 Å². The number of carboxylic acids is 1. The normalized spacial score (nSPS) is 16.0. The SMILES string of the molecule is O=C(O)CCCNC(=O)c1c(NC(=O)C2CC2)sc2c1CCC2. The molecule has 2 amide bonds.